The SMILES string of the molecule is O=C(NC(=NC[C@@H]1O[C@H](CO)[C@H](OCc2ccccc2)[C@H]1OCc1ccccc1)NC(=O)OCc1ccccc1)OCc1ccccc1. The fourth-order valence-corrected chi connectivity index (χ4v) is 5.04. The lowest BCUT2D eigenvalue weighted by molar-refractivity contribution is -0.0830. The standard InChI is InChI=1S/C37H39N3O8/c41-22-32-34(45-24-28-15-7-2-8-16-28)33(44-23-27-13-5-1-6-14-27)31(48-32)21-38-35(39-36(42)46-25-29-17-9-3-10-18-29)40-37(43)47-26-30-19-11-4-12-20-30/h1-20,31-34,41H,21-26H2,(H2,38,39,40,42,43)/t31-,32+,33-,34-/m0/s1. The van der Waals surface area contributed by atoms with Gasteiger partial charge in [-0.1, -0.05) is 121 Å². The van der Waals surface area contributed by atoms with Gasteiger partial charge >= 0.3 is 12.2 Å². The number of carbonyl (C=O) groups excluding carboxylic acids is 2. The minimum Gasteiger partial charge on any atom is -0.444 e. The predicted octanol–water partition coefficient (Wildman–Crippen LogP) is 5.13. The maximum atomic E-state index is 12.8. The van der Waals surface area contributed by atoms with Gasteiger partial charge in [-0.05, 0) is 22.3 Å². The Kier molecular flexibility index (Phi) is 13.1. The minimum absolute atomic E-state index is 0.0121. The maximum Gasteiger partial charge on any atom is 0.414 e. The third-order valence-electron chi connectivity index (χ3n) is 7.45. The van der Waals surface area contributed by atoms with Crippen molar-refractivity contribution in [1.82, 2.24) is 10.6 Å². The van der Waals surface area contributed by atoms with Crippen molar-refractivity contribution in [2.75, 3.05) is 13.2 Å². The Labute approximate surface area is 279 Å². The monoisotopic (exact) mass is 653 g/mol. The fraction of sp³-hybridized carbons (Fsp3) is 0.270. The Bertz CT molecular complexity index is 1520. The first-order valence-electron chi connectivity index (χ1n) is 15.6. The number of hydrogen-bond acceptors (Lipinski definition) is 9. The summed E-state index contributed by atoms with van der Waals surface area (Å²) in [4.78, 5) is 30.0. The quantitative estimate of drug-likeness (QED) is 0.134. The molecule has 1 fully saturated rings. The van der Waals surface area contributed by atoms with Crippen LogP contribution in [0.1, 0.15) is 22.3 Å². The molecule has 0 aromatic heterocycles. The zero-order valence-electron chi connectivity index (χ0n) is 26.4. The molecule has 1 aliphatic heterocycles. The number of alkyl carbamates (subject to hydrolysis) is 2. The molecule has 2 amide bonds. The molecule has 4 aromatic rings. The van der Waals surface area contributed by atoms with E-state index in [1.807, 2.05) is 121 Å². The van der Waals surface area contributed by atoms with Crippen LogP contribution < -0.4 is 10.6 Å². The van der Waals surface area contributed by atoms with E-state index >= 15 is 0 Å². The van der Waals surface area contributed by atoms with E-state index in [0.717, 1.165) is 22.3 Å². The molecular formula is C37H39N3O8. The second-order valence-corrected chi connectivity index (χ2v) is 11.0. The number of aliphatic imine (C=N–C) groups is 1. The molecule has 1 aliphatic rings. The first-order chi connectivity index (χ1) is 23.6. The van der Waals surface area contributed by atoms with E-state index in [-0.39, 0.29) is 45.5 Å². The van der Waals surface area contributed by atoms with Gasteiger partial charge in [0.1, 0.15) is 37.6 Å². The summed E-state index contributed by atoms with van der Waals surface area (Å²) in [5.74, 6) is -0.203. The Balaban J connectivity index is 1.30. The van der Waals surface area contributed by atoms with E-state index < -0.39 is 36.6 Å². The molecule has 0 radical (unpaired) electrons. The smallest absolute Gasteiger partial charge is 0.414 e. The number of carbonyl (C=O) groups is 2. The largest absolute Gasteiger partial charge is 0.444 e. The van der Waals surface area contributed by atoms with Crippen LogP contribution in [-0.2, 0) is 50.1 Å². The average Bonchev–Trinajstić information content (AvgIpc) is 3.48. The van der Waals surface area contributed by atoms with Crippen molar-refractivity contribution in [3.8, 4) is 0 Å². The van der Waals surface area contributed by atoms with Crippen molar-refractivity contribution in [2.45, 2.75) is 50.8 Å². The molecule has 0 saturated carbocycles. The molecule has 0 spiro atoms. The molecular weight excluding hydrogens is 614 g/mol. The Hall–Kier alpha value is -5.07. The fourth-order valence-electron chi connectivity index (χ4n) is 5.04. The van der Waals surface area contributed by atoms with Gasteiger partial charge in [-0.2, -0.15) is 0 Å². The molecule has 11 heteroatoms. The number of amides is 2. The Morgan fingerprint density at radius 1 is 0.583 bits per heavy atom. The van der Waals surface area contributed by atoms with Crippen LogP contribution in [0.15, 0.2) is 126 Å². The van der Waals surface area contributed by atoms with E-state index in [4.69, 9.17) is 23.7 Å². The zero-order valence-corrected chi connectivity index (χ0v) is 26.4. The number of guanidine groups is 1. The number of nitrogens with zero attached hydrogens (tertiary/aromatic N) is 1. The number of aliphatic hydroxyl groups excluding tert-OH is 1. The Morgan fingerprint density at radius 2 is 0.958 bits per heavy atom. The molecule has 4 atom stereocenters. The highest BCUT2D eigenvalue weighted by atomic mass is 16.6. The molecule has 11 nitrogen and oxygen atoms in total. The first-order valence-corrected chi connectivity index (χ1v) is 15.6. The van der Waals surface area contributed by atoms with Gasteiger partial charge in [0.25, 0.3) is 0 Å². The summed E-state index contributed by atoms with van der Waals surface area (Å²) < 4.78 is 29.5. The highest BCUT2D eigenvalue weighted by molar-refractivity contribution is 6.01. The number of rotatable bonds is 13. The lowest BCUT2D eigenvalue weighted by Gasteiger charge is -2.24. The van der Waals surface area contributed by atoms with E-state index in [2.05, 4.69) is 15.6 Å². The number of benzene rings is 4. The second-order valence-electron chi connectivity index (χ2n) is 11.0. The van der Waals surface area contributed by atoms with Gasteiger partial charge in [-0.3, -0.25) is 10.6 Å². The van der Waals surface area contributed by atoms with Gasteiger partial charge in [0.15, 0.2) is 0 Å². The van der Waals surface area contributed by atoms with Crippen LogP contribution >= 0.6 is 0 Å². The highest BCUT2D eigenvalue weighted by Gasteiger charge is 2.46. The summed E-state index contributed by atoms with van der Waals surface area (Å²) in [6.07, 6.45) is -4.34. The van der Waals surface area contributed by atoms with Crippen molar-refractivity contribution in [3.05, 3.63) is 144 Å². The van der Waals surface area contributed by atoms with E-state index in [1.54, 1.807) is 0 Å². The van der Waals surface area contributed by atoms with Crippen molar-refractivity contribution < 1.29 is 38.4 Å². The van der Waals surface area contributed by atoms with Crippen molar-refractivity contribution in [3.63, 3.8) is 0 Å². The summed E-state index contributed by atoms with van der Waals surface area (Å²) in [5.41, 5.74) is 3.47. The number of ether oxygens (including phenoxy) is 5. The summed E-state index contributed by atoms with van der Waals surface area (Å²) in [6.45, 7) is 0.192. The molecule has 4 aromatic carbocycles. The summed E-state index contributed by atoms with van der Waals surface area (Å²) in [5, 5.41) is 15.2. The lowest BCUT2D eigenvalue weighted by atomic mass is 10.1. The summed E-state index contributed by atoms with van der Waals surface area (Å²) in [7, 11) is 0. The van der Waals surface area contributed by atoms with Gasteiger partial charge in [0, 0.05) is 0 Å². The maximum absolute atomic E-state index is 12.8. The summed E-state index contributed by atoms with van der Waals surface area (Å²) in [6, 6.07) is 37.7. The van der Waals surface area contributed by atoms with Crippen LogP contribution in [0.2, 0.25) is 0 Å². The van der Waals surface area contributed by atoms with Crippen LogP contribution in [0.3, 0.4) is 0 Å². The van der Waals surface area contributed by atoms with Gasteiger partial charge in [-0.25, -0.2) is 14.6 Å². The van der Waals surface area contributed by atoms with Gasteiger partial charge in [0.05, 0.1) is 26.4 Å². The first kappa shape index (κ1) is 34.3. The van der Waals surface area contributed by atoms with Crippen LogP contribution in [0, 0.1) is 0 Å². The van der Waals surface area contributed by atoms with E-state index in [9.17, 15) is 14.7 Å². The Morgan fingerprint density at radius 3 is 1.35 bits per heavy atom. The van der Waals surface area contributed by atoms with Crippen molar-refractivity contribution in [1.29, 1.82) is 0 Å². The van der Waals surface area contributed by atoms with Crippen LogP contribution in [0.25, 0.3) is 0 Å². The third kappa shape index (κ3) is 10.7. The van der Waals surface area contributed by atoms with Crippen LogP contribution in [0.5, 0.6) is 0 Å². The topological polar surface area (TPSA) is 137 Å². The van der Waals surface area contributed by atoms with Crippen LogP contribution in [0.4, 0.5) is 9.59 Å². The van der Waals surface area contributed by atoms with Gasteiger partial charge in [-0.15, -0.1) is 0 Å². The minimum atomic E-state index is -0.831. The molecule has 1 heterocycles. The third-order valence-corrected chi connectivity index (χ3v) is 7.45. The van der Waals surface area contributed by atoms with Crippen LogP contribution in [-0.4, -0.2) is 60.8 Å². The second kappa shape index (κ2) is 18.3. The zero-order chi connectivity index (χ0) is 33.4. The number of nitrogens with one attached hydrogen (secondary N) is 2. The molecule has 250 valence electrons. The number of aliphatic hydroxyl groups is 1. The molecule has 48 heavy (non-hydrogen) atoms. The van der Waals surface area contributed by atoms with Gasteiger partial charge in [0.2, 0.25) is 5.96 Å². The number of hydrogen-bond donors (Lipinski definition) is 3. The molecule has 3 N–H and O–H groups in total. The highest BCUT2D eigenvalue weighted by Crippen LogP contribution is 2.29. The molecule has 5 rings (SSSR count). The van der Waals surface area contributed by atoms with E-state index in [0.29, 0.717) is 0 Å². The molecule has 0 aliphatic carbocycles. The molecule has 1 saturated heterocycles. The lowest BCUT2D eigenvalue weighted by Crippen LogP contribution is -2.45. The summed E-state index contributed by atoms with van der Waals surface area (Å²) >= 11 is 0. The molecule has 0 bridgehead atoms. The van der Waals surface area contributed by atoms with E-state index in [1.165, 1.54) is 0 Å². The average molecular weight is 654 g/mol. The molecule has 0 unspecified atom stereocenters. The van der Waals surface area contributed by atoms with Crippen molar-refractivity contribution >= 4 is 18.1 Å². The van der Waals surface area contributed by atoms with Crippen molar-refractivity contribution in [2.24, 2.45) is 4.99 Å². The predicted molar refractivity (Wildman–Crippen MR) is 178 cm³/mol. The normalized spacial score (nSPS) is 18.4. The van der Waals surface area contributed by atoms with Gasteiger partial charge < -0.3 is 28.8 Å².